The van der Waals surface area contributed by atoms with Crippen LogP contribution in [0.1, 0.15) is 32.3 Å². The molecule has 1 aliphatic carbocycles. The fourth-order valence-electron chi connectivity index (χ4n) is 2.36. The van der Waals surface area contributed by atoms with Crippen molar-refractivity contribution in [2.75, 3.05) is 12.4 Å². The molecule has 0 heterocycles. The Morgan fingerprint density at radius 2 is 1.91 bits per heavy atom. The van der Waals surface area contributed by atoms with Crippen LogP contribution in [0.25, 0.3) is 0 Å². The van der Waals surface area contributed by atoms with Gasteiger partial charge >= 0.3 is 0 Å². The van der Waals surface area contributed by atoms with E-state index in [1.807, 2.05) is 31.2 Å². The van der Waals surface area contributed by atoms with E-state index < -0.39 is 0 Å². The lowest BCUT2D eigenvalue weighted by atomic mass is 9.80. The van der Waals surface area contributed by atoms with Crippen LogP contribution in [-0.4, -0.2) is 18.1 Å². The van der Waals surface area contributed by atoms with Crippen molar-refractivity contribution in [2.24, 2.45) is 5.41 Å². The number of rotatable bonds is 4. The predicted octanol–water partition coefficient (Wildman–Crippen LogP) is 4.38. The second kappa shape index (κ2) is 7.56. The number of hydrogen-bond acceptors (Lipinski definition) is 3. The molecular formula is C19H22O2S. The molecule has 0 bridgehead atoms. The van der Waals surface area contributed by atoms with Gasteiger partial charge in [0.05, 0.1) is 5.75 Å². The maximum Gasteiger partial charge on any atom is 0.157 e. The molecule has 0 fully saturated rings. The van der Waals surface area contributed by atoms with Gasteiger partial charge < -0.3 is 4.74 Å². The molecule has 0 aliphatic heterocycles. The number of benzene rings is 1. The van der Waals surface area contributed by atoms with Crippen LogP contribution in [0.5, 0.6) is 5.75 Å². The molecule has 0 amide bonds. The Balaban J connectivity index is 1.73. The molecule has 0 N–H and O–H groups in total. The van der Waals surface area contributed by atoms with E-state index in [2.05, 4.69) is 25.7 Å². The summed E-state index contributed by atoms with van der Waals surface area (Å²) in [6.07, 6.45) is 3.39. The molecule has 0 unspecified atom stereocenters. The van der Waals surface area contributed by atoms with Gasteiger partial charge in [-0.1, -0.05) is 43.4 Å². The smallest absolute Gasteiger partial charge is 0.157 e. The first-order valence-corrected chi connectivity index (χ1v) is 8.45. The van der Waals surface area contributed by atoms with E-state index >= 15 is 0 Å². The summed E-state index contributed by atoms with van der Waals surface area (Å²) in [5.74, 6) is 7.88. The van der Waals surface area contributed by atoms with E-state index in [0.717, 1.165) is 17.1 Å². The highest BCUT2D eigenvalue weighted by Crippen LogP contribution is 2.38. The number of carbonyl (C=O) groups is 1. The Bertz CT molecular complexity index is 615. The van der Waals surface area contributed by atoms with Gasteiger partial charge in [0.25, 0.3) is 0 Å². The molecule has 0 radical (unpaired) electrons. The van der Waals surface area contributed by atoms with Gasteiger partial charge in [0.15, 0.2) is 5.78 Å². The zero-order chi connectivity index (χ0) is 16.0. The van der Waals surface area contributed by atoms with Gasteiger partial charge in [0.1, 0.15) is 12.4 Å². The first kappa shape index (κ1) is 16.7. The molecule has 0 saturated carbocycles. The number of ether oxygens (including phenoxy) is 1. The Morgan fingerprint density at radius 1 is 1.18 bits per heavy atom. The molecule has 0 spiro atoms. The fourth-order valence-corrected chi connectivity index (χ4v) is 3.43. The summed E-state index contributed by atoms with van der Waals surface area (Å²) in [4.78, 5) is 12.8. The lowest BCUT2D eigenvalue weighted by Crippen LogP contribution is -2.20. The topological polar surface area (TPSA) is 26.3 Å². The third-order valence-electron chi connectivity index (χ3n) is 3.41. The maximum absolute atomic E-state index is 11.7. The molecule has 1 aromatic carbocycles. The average molecular weight is 314 g/mol. The van der Waals surface area contributed by atoms with Gasteiger partial charge in [0, 0.05) is 6.42 Å². The van der Waals surface area contributed by atoms with E-state index in [9.17, 15) is 4.79 Å². The van der Waals surface area contributed by atoms with Crippen LogP contribution in [0.15, 0.2) is 35.2 Å². The summed E-state index contributed by atoms with van der Waals surface area (Å²) < 4.78 is 5.55. The van der Waals surface area contributed by atoms with Gasteiger partial charge in [-0.05, 0) is 41.9 Å². The largest absolute Gasteiger partial charge is 0.481 e. The number of thioether (sulfide) groups is 1. The quantitative estimate of drug-likeness (QED) is 0.771. The molecule has 2 rings (SSSR count). The number of allylic oxidation sites excluding steroid dienone is 2. The highest BCUT2D eigenvalue weighted by atomic mass is 32.2. The first-order valence-electron chi connectivity index (χ1n) is 7.46. The molecule has 1 aliphatic rings. The summed E-state index contributed by atoms with van der Waals surface area (Å²) in [5, 5.41) is 0. The summed E-state index contributed by atoms with van der Waals surface area (Å²) in [6.45, 7) is 6.72. The van der Waals surface area contributed by atoms with Crippen LogP contribution < -0.4 is 4.74 Å². The number of hydrogen-bond donors (Lipinski definition) is 0. The van der Waals surface area contributed by atoms with Crippen LogP contribution in [0.3, 0.4) is 0 Å². The molecule has 22 heavy (non-hydrogen) atoms. The summed E-state index contributed by atoms with van der Waals surface area (Å²) in [7, 11) is 0. The van der Waals surface area contributed by atoms with Crippen LogP contribution in [-0.2, 0) is 4.79 Å². The van der Waals surface area contributed by atoms with E-state index in [4.69, 9.17) is 4.74 Å². The van der Waals surface area contributed by atoms with Gasteiger partial charge in [0.2, 0.25) is 0 Å². The highest BCUT2D eigenvalue weighted by Gasteiger charge is 2.27. The highest BCUT2D eigenvalue weighted by molar-refractivity contribution is 8.03. The van der Waals surface area contributed by atoms with Gasteiger partial charge in [-0.15, -0.1) is 11.8 Å². The van der Waals surface area contributed by atoms with Crippen molar-refractivity contribution in [3.05, 3.63) is 40.8 Å². The molecule has 2 nitrogen and oxygen atoms in total. The van der Waals surface area contributed by atoms with E-state index in [1.54, 1.807) is 17.8 Å². The number of carbonyl (C=O) groups excluding carboxylic acids is 1. The molecule has 1 aromatic rings. The lowest BCUT2D eigenvalue weighted by molar-refractivity contribution is -0.116. The molecule has 0 saturated heterocycles. The second-order valence-electron chi connectivity index (χ2n) is 6.34. The van der Waals surface area contributed by atoms with Crippen molar-refractivity contribution < 1.29 is 9.53 Å². The van der Waals surface area contributed by atoms with Crippen molar-refractivity contribution in [3.63, 3.8) is 0 Å². The van der Waals surface area contributed by atoms with E-state index in [-0.39, 0.29) is 11.2 Å². The van der Waals surface area contributed by atoms with Crippen LogP contribution in [0.4, 0.5) is 0 Å². The van der Waals surface area contributed by atoms with Crippen LogP contribution >= 0.6 is 11.8 Å². The SMILES string of the molecule is Cc1ccc(OCC#CCSC2=CC(=O)CC(C)(C)C2)cc1. The number of aryl methyl sites for hydroxylation is 1. The number of ketones is 1. The van der Waals surface area contributed by atoms with Gasteiger partial charge in [-0.3, -0.25) is 4.79 Å². The third kappa shape index (κ3) is 5.61. The zero-order valence-corrected chi connectivity index (χ0v) is 14.3. The minimum Gasteiger partial charge on any atom is -0.481 e. The Kier molecular flexibility index (Phi) is 5.74. The van der Waals surface area contributed by atoms with Crippen molar-refractivity contribution in [1.82, 2.24) is 0 Å². The zero-order valence-electron chi connectivity index (χ0n) is 13.4. The summed E-state index contributed by atoms with van der Waals surface area (Å²) >= 11 is 1.66. The van der Waals surface area contributed by atoms with Crippen molar-refractivity contribution >= 4 is 17.5 Å². The van der Waals surface area contributed by atoms with Crippen molar-refractivity contribution in [2.45, 2.75) is 33.6 Å². The van der Waals surface area contributed by atoms with E-state index in [1.165, 1.54) is 5.56 Å². The minimum atomic E-state index is 0.0795. The molecule has 0 aromatic heterocycles. The monoisotopic (exact) mass is 314 g/mol. The van der Waals surface area contributed by atoms with Gasteiger partial charge in [-0.2, -0.15) is 0 Å². The normalized spacial score (nSPS) is 16.5. The molecular weight excluding hydrogens is 292 g/mol. The maximum atomic E-state index is 11.7. The fraction of sp³-hybridized carbons (Fsp3) is 0.421. The standard InChI is InChI=1S/C19H22O2S/c1-15-6-8-17(9-7-15)21-10-4-5-11-22-18-12-16(20)13-19(2,3)14-18/h6-9,12H,10-11,13-14H2,1-3H3. The van der Waals surface area contributed by atoms with E-state index in [0.29, 0.717) is 18.8 Å². The summed E-state index contributed by atoms with van der Waals surface area (Å²) in [6, 6.07) is 7.94. The predicted molar refractivity (Wildman–Crippen MR) is 93.0 cm³/mol. The average Bonchev–Trinajstić information content (AvgIpc) is 2.42. The second-order valence-corrected chi connectivity index (χ2v) is 7.44. The lowest BCUT2D eigenvalue weighted by Gasteiger charge is -2.28. The van der Waals surface area contributed by atoms with Crippen LogP contribution in [0, 0.1) is 24.2 Å². The molecule has 116 valence electrons. The summed E-state index contributed by atoms with van der Waals surface area (Å²) in [5.41, 5.74) is 1.30. The minimum absolute atomic E-state index is 0.0795. The Hall–Kier alpha value is -1.66. The van der Waals surface area contributed by atoms with Gasteiger partial charge in [-0.25, -0.2) is 0 Å². The Morgan fingerprint density at radius 3 is 2.59 bits per heavy atom. The van der Waals surface area contributed by atoms with Crippen molar-refractivity contribution in [3.8, 4) is 17.6 Å². The first-order chi connectivity index (χ1) is 10.4. The van der Waals surface area contributed by atoms with Crippen molar-refractivity contribution in [1.29, 1.82) is 0 Å². The Labute approximate surface area is 137 Å². The third-order valence-corrected chi connectivity index (χ3v) is 4.34. The van der Waals surface area contributed by atoms with Crippen LogP contribution in [0.2, 0.25) is 0 Å². The molecule has 3 heteroatoms. The molecule has 0 atom stereocenters.